The monoisotopic (exact) mass is 362 g/mol. The van der Waals surface area contributed by atoms with E-state index < -0.39 is 5.60 Å². The van der Waals surface area contributed by atoms with Gasteiger partial charge >= 0.3 is 0 Å². The maximum Gasteiger partial charge on any atom is 0.213 e. The Kier molecular flexibility index (Phi) is 7.21. The van der Waals surface area contributed by atoms with E-state index in [0.717, 1.165) is 17.7 Å². The molecular weight excluding hydrogens is 336 g/mol. The lowest BCUT2D eigenvalue weighted by Gasteiger charge is -2.24. The van der Waals surface area contributed by atoms with Crippen LogP contribution in [0.5, 0.6) is 5.88 Å². The van der Waals surface area contributed by atoms with Gasteiger partial charge in [-0.05, 0) is 54.8 Å². The highest BCUT2D eigenvalue weighted by atomic mass is 32.1. The van der Waals surface area contributed by atoms with Gasteiger partial charge in [-0.3, -0.25) is 0 Å². The van der Waals surface area contributed by atoms with Crippen molar-refractivity contribution >= 4 is 17.3 Å². The zero-order chi connectivity index (χ0) is 18.1. The second-order valence-electron chi connectivity index (χ2n) is 5.77. The molecule has 0 aliphatic carbocycles. The molecule has 0 bridgehead atoms. The Balaban J connectivity index is 1.99. The van der Waals surface area contributed by atoms with Crippen molar-refractivity contribution in [3.63, 3.8) is 0 Å². The standard InChI is InChI=1S/C18H26N4O2S/c1-4-19-17(22-13-18(3,23)15-7-9-25-12-15)21-11-14-6-8-20-16(10-14)24-5-2/h6-10,12,23H,4-5,11,13H2,1-3H3,(H2,19,21,22). The summed E-state index contributed by atoms with van der Waals surface area (Å²) in [7, 11) is 0. The average Bonchev–Trinajstić information content (AvgIpc) is 3.14. The van der Waals surface area contributed by atoms with E-state index in [1.807, 2.05) is 42.8 Å². The SMILES string of the molecule is CCNC(=NCc1ccnc(OCC)c1)NCC(C)(O)c1ccsc1. The zero-order valence-electron chi connectivity index (χ0n) is 15.0. The molecule has 0 saturated heterocycles. The lowest BCUT2D eigenvalue weighted by molar-refractivity contribution is 0.0621. The summed E-state index contributed by atoms with van der Waals surface area (Å²) in [5, 5.41) is 20.9. The van der Waals surface area contributed by atoms with Crippen LogP contribution >= 0.6 is 11.3 Å². The quantitative estimate of drug-likeness (QED) is 0.497. The summed E-state index contributed by atoms with van der Waals surface area (Å²) in [6.07, 6.45) is 1.72. The third-order valence-corrected chi connectivity index (χ3v) is 4.28. The number of nitrogens with one attached hydrogen (secondary N) is 2. The summed E-state index contributed by atoms with van der Waals surface area (Å²) < 4.78 is 5.41. The Labute approximate surface area is 153 Å². The second-order valence-corrected chi connectivity index (χ2v) is 6.55. The van der Waals surface area contributed by atoms with Crippen molar-refractivity contribution < 1.29 is 9.84 Å². The lowest BCUT2D eigenvalue weighted by Crippen LogP contribution is -2.44. The van der Waals surface area contributed by atoms with Crippen molar-refractivity contribution in [3.05, 3.63) is 46.3 Å². The molecule has 0 aromatic carbocycles. The van der Waals surface area contributed by atoms with Crippen molar-refractivity contribution in [2.24, 2.45) is 4.99 Å². The maximum absolute atomic E-state index is 10.6. The van der Waals surface area contributed by atoms with Crippen LogP contribution in [0.15, 0.2) is 40.1 Å². The predicted molar refractivity (Wildman–Crippen MR) is 102 cm³/mol. The number of hydrogen-bond acceptors (Lipinski definition) is 5. The summed E-state index contributed by atoms with van der Waals surface area (Å²) in [6.45, 7) is 7.93. The van der Waals surface area contributed by atoms with E-state index >= 15 is 0 Å². The topological polar surface area (TPSA) is 78.8 Å². The molecule has 25 heavy (non-hydrogen) atoms. The summed E-state index contributed by atoms with van der Waals surface area (Å²) in [5.74, 6) is 1.27. The van der Waals surface area contributed by atoms with Gasteiger partial charge in [0.25, 0.3) is 0 Å². The number of hydrogen-bond donors (Lipinski definition) is 3. The Hall–Kier alpha value is -2.12. The van der Waals surface area contributed by atoms with E-state index in [0.29, 0.717) is 31.5 Å². The van der Waals surface area contributed by atoms with Crippen molar-refractivity contribution in [2.75, 3.05) is 19.7 Å². The molecule has 2 aromatic heterocycles. The molecule has 2 heterocycles. The summed E-state index contributed by atoms with van der Waals surface area (Å²) in [5.41, 5.74) is 0.964. The number of rotatable bonds is 8. The third kappa shape index (κ3) is 6.03. The largest absolute Gasteiger partial charge is 0.478 e. The molecule has 3 N–H and O–H groups in total. The fourth-order valence-corrected chi connectivity index (χ4v) is 3.00. The van der Waals surface area contributed by atoms with E-state index in [1.54, 1.807) is 24.5 Å². The van der Waals surface area contributed by atoms with Crippen LogP contribution in [0.1, 0.15) is 31.9 Å². The van der Waals surface area contributed by atoms with Gasteiger partial charge in [0.05, 0.1) is 19.7 Å². The Morgan fingerprint density at radius 3 is 2.88 bits per heavy atom. The fourth-order valence-electron chi connectivity index (χ4n) is 2.22. The predicted octanol–water partition coefficient (Wildman–Crippen LogP) is 2.50. The first-order valence-corrected chi connectivity index (χ1v) is 9.34. The molecule has 0 radical (unpaired) electrons. The number of aliphatic hydroxyl groups is 1. The van der Waals surface area contributed by atoms with E-state index in [2.05, 4.69) is 20.6 Å². The molecule has 7 heteroatoms. The maximum atomic E-state index is 10.6. The molecule has 0 amide bonds. The van der Waals surface area contributed by atoms with Crippen LogP contribution in [0.3, 0.4) is 0 Å². The molecule has 0 fully saturated rings. The number of aromatic nitrogens is 1. The van der Waals surface area contributed by atoms with Crippen LogP contribution < -0.4 is 15.4 Å². The first-order valence-electron chi connectivity index (χ1n) is 8.40. The smallest absolute Gasteiger partial charge is 0.213 e. The Morgan fingerprint density at radius 2 is 2.20 bits per heavy atom. The van der Waals surface area contributed by atoms with Crippen LogP contribution in [-0.4, -0.2) is 35.7 Å². The summed E-state index contributed by atoms with van der Waals surface area (Å²) in [6, 6.07) is 5.73. The first kappa shape index (κ1) is 19.2. The first-order chi connectivity index (χ1) is 12.0. The van der Waals surface area contributed by atoms with Gasteiger partial charge in [0.1, 0.15) is 5.60 Å². The Morgan fingerprint density at radius 1 is 1.36 bits per heavy atom. The minimum absolute atomic E-state index is 0.371. The van der Waals surface area contributed by atoms with Crippen LogP contribution in [0.4, 0.5) is 0 Å². The van der Waals surface area contributed by atoms with Crippen LogP contribution in [0.2, 0.25) is 0 Å². The molecular formula is C18H26N4O2S. The highest BCUT2D eigenvalue weighted by Crippen LogP contribution is 2.21. The van der Waals surface area contributed by atoms with Gasteiger partial charge in [-0.2, -0.15) is 11.3 Å². The van der Waals surface area contributed by atoms with Gasteiger partial charge in [0.15, 0.2) is 5.96 Å². The van der Waals surface area contributed by atoms with Crippen molar-refractivity contribution in [3.8, 4) is 5.88 Å². The molecule has 0 aliphatic heterocycles. The highest BCUT2D eigenvalue weighted by molar-refractivity contribution is 7.08. The molecule has 0 saturated carbocycles. The Bertz CT molecular complexity index is 671. The van der Waals surface area contributed by atoms with E-state index in [9.17, 15) is 5.11 Å². The van der Waals surface area contributed by atoms with Gasteiger partial charge in [-0.15, -0.1) is 0 Å². The molecule has 6 nitrogen and oxygen atoms in total. The number of ether oxygens (including phenoxy) is 1. The minimum Gasteiger partial charge on any atom is -0.478 e. The molecule has 1 unspecified atom stereocenters. The molecule has 136 valence electrons. The van der Waals surface area contributed by atoms with Gasteiger partial charge in [-0.1, -0.05) is 0 Å². The lowest BCUT2D eigenvalue weighted by atomic mass is 9.99. The third-order valence-electron chi connectivity index (χ3n) is 3.60. The van der Waals surface area contributed by atoms with Gasteiger partial charge in [0.2, 0.25) is 5.88 Å². The molecule has 0 spiro atoms. The van der Waals surface area contributed by atoms with Crippen molar-refractivity contribution in [1.82, 2.24) is 15.6 Å². The van der Waals surface area contributed by atoms with Crippen molar-refractivity contribution in [2.45, 2.75) is 32.9 Å². The van der Waals surface area contributed by atoms with Gasteiger partial charge in [-0.25, -0.2) is 9.98 Å². The van der Waals surface area contributed by atoms with Crippen LogP contribution in [-0.2, 0) is 12.1 Å². The number of thiophene rings is 1. The fraction of sp³-hybridized carbons (Fsp3) is 0.444. The summed E-state index contributed by atoms with van der Waals surface area (Å²) >= 11 is 1.57. The molecule has 0 aliphatic rings. The second kappa shape index (κ2) is 9.39. The van der Waals surface area contributed by atoms with E-state index in [4.69, 9.17) is 4.74 Å². The molecule has 1 atom stereocenters. The van der Waals surface area contributed by atoms with Gasteiger partial charge < -0.3 is 20.5 Å². The number of nitrogens with zero attached hydrogens (tertiary/aromatic N) is 2. The minimum atomic E-state index is -0.949. The number of aliphatic imine (C=N–C) groups is 1. The normalized spacial score (nSPS) is 14.0. The van der Waals surface area contributed by atoms with Crippen LogP contribution in [0.25, 0.3) is 0 Å². The zero-order valence-corrected chi connectivity index (χ0v) is 15.8. The van der Waals surface area contributed by atoms with E-state index in [-0.39, 0.29) is 0 Å². The molecule has 2 aromatic rings. The van der Waals surface area contributed by atoms with Crippen LogP contribution in [0, 0.1) is 0 Å². The summed E-state index contributed by atoms with van der Waals surface area (Å²) in [4.78, 5) is 8.73. The highest BCUT2D eigenvalue weighted by Gasteiger charge is 2.23. The average molecular weight is 362 g/mol. The number of pyridine rings is 1. The van der Waals surface area contributed by atoms with E-state index in [1.165, 1.54) is 0 Å². The molecule has 2 rings (SSSR count). The van der Waals surface area contributed by atoms with Crippen molar-refractivity contribution in [1.29, 1.82) is 0 Å². The number of guanidine groups is 1. The van der Waals surface area contributed by atoms with Gasteiger partial charge in [0, 0.05) is 18.8 Å².